The summed E-state index contributed by atoms with van der Waals surface area (Å²) >= 11 is 0. The van der Waals surface area contributed by atoms with Crippen molar-refractivity contribution in [2.24, 2.45) is 5.92 Å². The maximum absolute atomic E-state index is 11.7. The first-order valence-corrected chi connectivity index (χ1v) is 5.92. The predicted octanol–water partition coefficient (Wildman–Crippen LogP) is 0.703. The average molecular weight is 249 g/mol. The number of carbonyl (C=O) groups excluding carboxylic acids is 1. The van der Waals surface area contributed by atoms with Crippen molar-refractivity contribution in [2.45, 2.75) is 31.7 Å². The molecule has 2 aliphatic rings. The fourth-order valence-electron chi connectivity index (χ4n) is 2.27. The van der Waals surface area contributed by atoms with E-state index in [9.17, 15) is 4.79 Å². The molecule has 2 N–H and O–H groups in total. The highest BCUT2D eigenvalue weighted by Crippen LogP contribution is 2.16. The van der Waals surface area contributed by atoms with Crippen LogP contribution in [-0.4, -0.2) is 38.3 Å². The molecule has 2 heterocycles. The molecular formula is C11H21ClN2O2. The first-order valence-electron chi connectivity index (χ1n) is 5.92. The molecule has 94 valence electrons. The van der Waals surface area contributed by atoms with Crippen LogP contribution in [0.4, 0.5) is 0 Å². The normalized spacial score (nSPS) is 29.5. The second kappa shape index (κ2) is 7.09. The van der Waals surface area contributed by atoms with Gasteiger partial charge in [-0.25, -0.2) is 0 Å². The highest BCUT2D eigenvalue weighted by molar-refractivity contribution is 5.85. The molecule has 0 aromatic heterocycles. The number of hydrogen-bond donors (Lipinski definition) is 2. The van der Waals surface area contributed by atoms with Crippen LogP contribution in [0.15, 0.2) is 0 Å². The quantitative estimate of drug-likeness (QED) is 0.773. The van der Waals surface area contributed by atoms with Gasteiger partial charge in [-0.3, -0.25) is 4.79 Å². The first-order chi connectivity index (χ1) is 7.34. The molecule has 2 rings (SSSR count). The Kier molecular flexibility index (Phi) is 6.09. The van der Waals surface area contributed by atoms with E-state index < -0.39 is 0 Å². The van der Waals surface area contributed by atoms with Crippen molar-refractivity contribution >= 4 is 18.3 Å². The molecule has 2 aliphatic heterocycles. The largest absolute Gasteiger partial charge is 0.381 e. The molecule has 0 aliphatic carbocycles. The Morgan fingerprint density at radius 3 is 2.94 bits per heavy atom. The highest BCUT2D eigenvalue weighted by Gasteiger charge is 2.21. The van der Waals surface area contributed by atoms with Crippen LogP contribution in [0.3, 0.4) is 0 Å². The van der Waals surface area contributed by atoms with E-state index in [2.05, 4.69) is 10.6 Å². The third-order valence-corrected chi connectivity index (χ3v) is 3.16. The second-order valence-electron chi connectivity index (χ2n) is 4.54. The van der Waals surface area contributed by atoms with E-state index >= 15 is 0 Å². The number of halogens is 1. The zero-order valence-electron chi connectivity index (χ0n) is 9.54. The minimum atomic E-state index is 0. The fourth-order valence-corrected chi connectivity index (χ4v) is 2.27. The topological polar surface area (TPSA) is 50.4 Å². The lowest BCUT2D eigenvalue weighted by molar-refractivity contribution is -0.122. The van der Waals surface area contributed by atoms with Crippen LogP contribution in [0.2, 0.25) is 0 Å². The minimum Gasteiger partial charge on any atom is -0.381 e. The van der Waals surface area contributed by atoms with Crippen LogP contribution in [0, 0.1) is 5.92 Å². The van der Waals surface area contributed by atoms with Crippen LogP contribution in [0.5, 0.6) is 0 Å². The van der Waals surface area contributed by atoms with Crippen molar-refractivity contribution in [3.8, 4) is 0 Å². The Morgan fingerprint density at radius 1 is 1.44 bits per heavy atom. The smallest absolute Gasteiger partial charge is 0.220 e. The maximum atomic E-state index is 11.7. The van der Waals surface area contributed by atoms with Gasteiger partial charge >= 0.3 is 0 Å². The SMILES string of the molecule is Cl.O=C(CC1CCOC1)N[C@@H]1CCCNC1. The standard InChI is InChI=1S/C11H20N2O2.ClH/c14-11(6-9-3-5-15-8-9)13-10-2-1-4-12-7-10;/h9-10,12H,1-8H2,(H,13,14);1H/t9?,10-;/m1./s1. The van der Waals surface area contributed by atoms with Crippen molar-refractivity contribution in [1.29, 1.82) is 0 Å². The van der Waals surface area contributed by atoms with Gasteiger partial charge in [0.15, 0.2) is 0 Å². The molecule has 0 aromatic carbocycles. The summed E-state index contributed by atoms with van der Waals surface area (Å²) < 4.78 is 5.26. The number of carbonyl (C=O) groups is 1. The van der Waals surface area contributed by atoms with Crippen molar-refractivity contribution in [1.82, 2.24) is 10.6 Å². The van der Waals surface area contributed by atoms with Gasteiger partial charge in [0.1, 0.15) is 0 Å². The molecule has 0 aromatic rings. The average Bonchev–Trinajstić information content (AvgIpc) is 2.71. The molecular weight excluding hydrogens is 228 g/mol. The molecule has 0 saturated carbocycles. The summed E-state index contributed by atoms with van der Waals surface area (Å²) in [6, 6.07) is 0.341. The molecule has 0 bridgehead atoms. The van der Waals surface area contributed by atoms with Gasteiger partial charge in [-0.15, -0.1) is 12.4 Å². The molecule has 0 spiro atoms. The number of hydrogen-bond acceptors (Lipinski definition) is 3. The lowest BCUT2D eigenvalue weighted by Gasteiger charge is -2.24. The zero-order valence-corrected chi connectivity index (χ0v) is 10.4. The number of amides is 1. The Bertz CT molecular complexity index is 214. The zero-order chi connectivity index (χ0) is 10.5. The van der Waals surface area contributed by atoms with Crippen LogP contribution in [-0.2, 0) is 9.53 Å². The van der Waals surface area contributed by atoms with E-state index in [0.717, 1.165) is 45.6 Å². The Morgan fingerprint density at radius 2 is 2.31 bits per heavy atom. The summed E-state index contributed by atoms with van der Waals surface area (Å²) in [7, 11) is 0. The van der Waals surface area contributed by atoms with E-state index in [0.29, 0.717) is 18.4 Å². The van der Waals surface area contributed by atoms with Gasteiger partial charge in [0.05, 0.1) is 0 Å². The molecule has 4 nitrogen and oxygen atoms in total. The lowest BCUT2D eigenvalue weighted by Crippen LogP contribution is -2.45. The van der Waals surface area contributed by atoms with Gasteiger partial charge in [0.25, 0.3) is 0 Å². The first kappa shape index (κ1) is 13.7. The molecule has 0 radical (unpaired) electrons. The van der Waals surface area contributed by atoms with E-state index in [4.69, 9.17) is 4.74 Å². The summed E-state index contributed by atoms with van der Waals surface area (Å²) in [6.45, 7) is 3.59. The van der Waals surface area contributed by atoms with Crippen molar-refractivity contribution in [3.63, 3.8) is 0 Å². The second-order valence-corrected chi connectivity index (χ2v) is 4.54. The molecule has 1 amide bonds. The number of nitrogens with one attached hydrogen (secondary N) is 2. The van der Waals surface area contributed by atoms with Crippen LogP contribution < -0.4 is 10.6 Å². The Balaban J connectivity index is 0.00000128. The molecule has 2 atom stereocenters. The number of rotatable bonds is 3. The summed E-state index contributed by atoms with van der Waals surface area (Å²) in [5.74, 6) is 0.640. The molecule has 5 heteroatoms. The highest BCUT2D eigenvalue weighted by atomic mass is 35.5. The summed E-state index contributed by atoms with van der Waals surface area (Å²) in [6.07, 6.45) is 3.95. The van der Waals surface area contributed by atoms with Crippen molar-refractivity contribution in [3.05, 3.63) is 0 Å². The maximum Gasteiger partial charge on any atom is 0.220 e. The van der Waals surface area contributed by atoms with E-state index in [1.54, 1.807) is 0 Å². The van der Waals surface area contributed by atoms with Gasteiger partial charge in [-0.1, -0.05) is 0 Å². The van der Waals surface area contributed by atoms with Crippen LogP contribution in [0.25, 0.3) is 0 Å². The summed E-state index contributed by atoms with van der Waals surface area (Å²) in [4.78, 5) is 11.7. The number of ether oxygens (including phenoxy) is 1. The monoisotopic (exact) mass is 248 g/mol. The lowest BCUT2D eigenvalue weighted by atomic mass is 10.0. The van der Waals surface area contributed by atoms with Gasteiger partial charge in [0.2, 0.25) is 5.91 Å². The minimum absolute atomic E-state index is 0. The third-order valence-electron chi connectivity index (χ3n) is 3.16. The summed E-state index contributed by atoms with van der Waals surface area (Å²) in [5.41, 5.74) is 0. The number of piperidine rings is 1. The van der Waals surface area contributed by atoms with Gasteiger partial charge in [-0.05, 0) is 31.7 Å². The fraction of sp³-hybridized carbons (Fsp3) is 0.909. The van der Waals surface area contributed by atoms with Gasteiger partial charge in [-0.2, -0.15) is 0 Å². The van der Waals surface area contributed by atoms with Crippen molar-refractivity contribution in [2.75, 3.05) is 26.3 Å². The van der Waals surface area contributed by atoms with Crippen molar-refractivity contribution < 1.29 is 9.53 Å². The van der Waals surface area contributed by atoms with E-state index in [-0.39, 0.29) is 18.3 Å². The van der Waals surface area contributed by atoms with Gasteiger partial charge < -0.3 is 15.4 Å². The van der Waals surface area contributed by atoms with E-state index in [1.165, 1.54) is 0 Å². The van der Waals surface area contributed by atoms with E-state index in [1.807, 2.05) is 0 Å². The van der Waals surface area contributed by atoms with Crippen LogP contribution >= 0.6 is 12.4 Å². The van der Waals surface area contributed by atoms with Crippen LogP contribution in [0.1, 0.15) is 25.7 Å². The van der Waals surface area contributed by atoms with Gasteiger partial charge in [0, 0.05) is 32.2 Å². The third kappa shape index (κ3) is 4.28. The molecule has 1 unspecified atom stereocenters. The Labute approximate surface area is 103 Å². The molecule has 16 heavy (non-hydrogen) atoms. The molecule has 2 saturated heterocycles. The summed E-state index contributed by atoms with van der Waals surface area (Å²) in [5, 5.41) is 6.38. The Hall–Kier alpha value is -0.320. The predicted molar refractivity (Wildman–Crippen MR) is 64.8 cm³/mol. The molecule has 2 fully saturated rings.